The van der Waals surface area contributed by atoms with Gasteiger partial charge < -0.3 is 0 Å². The second kappa shape index (κ2) is 4.05. The summed E-state index contributed by atoms with van der Waals surface area (Å²) in [6.07, 6.45) is 1.32. The smallest absolute Gasteiger partial charge is 0.257 e. The Kier molecular flexibility index (Phi) is 3.03. The summed E-state index contributed by atoms with van der Waals surface area (Å²) in [5.74, 6) is 0. The summed E-state index contributed by atoms with van der Waals surface area (Å²) in [5.41, 5.74) is 1.83. The van der Waals surface area contributed by atoms with Crippen LogP contribution in [0.25, 0.3) is 6.08 Å². The molecule has 3 nitrogen and oxygen atoms in total. The third kappa shape index (κ3) is 2.87. The van der Waals surface area contributed by atoms with Crippen molar-refractivity contribution in [3.05, 3.63) is 50.7 Å². The number of rotatable bonds is 2. The zero-order valence-electron chi connectivity index (χ0n) is 7.03. The number of nitrogens with zero attached hydrogens (tertiary/aromatic N) is 1. The van der Waals surface area contributed by atoms with Gasteiger partial charge in [0.05, 0.1) is 4.92 Å². The van der Waals surface area contributed by atoms with Crippen LogP contribution in [0.1, 0.15) is 11.1 Å². The van der Waals surface area contributed by atoms with Crippen molar-refractivity contribution < 1.29 is 4.92 Å². The van der Waals surface area contributed by atoms with Gasteiger partial charge in [0.2, 0.25) is 0 Å². The number of halogens is 1. The quantitative estimate of drug-likeness (QED) is 0.416. The lowest BCUT2D eigenvalue weighted by atomic mass is 10.1. The van der Waals surface area contributed by atoms with Crippen LogP contribution in [-0.4, -0.2) is 4.92 Å². The van der Waals surface area contributed by atoms with E-state index >= 15 is 0 Å². The van der Waals surface area contributed by atoms with Gasteiger partial charge in [0.25, 0.3) is 0 Å². The molecule has 0 aliphatic rings. The number of benzene rings is 1. The second-order valence-corrected chi connectivity index (χ2v) is 3.02. The summed E-state index contributed by atoms with van der Waals surface area (Å²) in [5, 5.41) is 9.80. The fourth-order valence-electron chi connectivity index (χ4n) is 0.853. The molecular formula is C9H8ClNO2. The van der Waals surface area contributed by atoms with E-state index in [1.807, 2.05) is 19.1 Å². The number of aryl methyl sites for hydroxylation is 1. The van der Waals surface area contributed by atoms with Crippen molar-refractivity contribution in [3.63, 3.8) is 0 Å². The number of nitro groups is 1. The molecule has 0 amide bonds. The van der Waals surface area contributed by atoms with E-state index in [0.717, 1.165) is 11.1 Å². The van der Waals surface area contributed by atoms with Crippen LogP contribution in [-0.2, 0) is 0 Å². The first kappa shape index (κ1) is 9.74. The van der Waals surface area contributed by atoms with Gasteiger partial charge in [-0.3, -0.25) is 10.1 Å². The fourth-order valence-corrected chi connectivity index (χ4v) is 0.979. The Hall–Kier alpha value is -1.35. The van der Waals surface area contributed by atoms with E-state index < -0.39 is 4.92 Å². The van der Waals surface area contributed by atoms with Gasteiger partial charge in [-0.05, 0) is 24.1 Å². The lowest BCUT2D eigenvalue weighted by Crippen LogP contribution is -1.90. The Labute approximate surface area is 80.8 Å². The second-order valence-electron chi connectivity index (χ2n) is 2.63. The number of hydrogen-bond donors (Lipinski definition) is 0. The van der Waals surface area contributed by atoms with E-state index in [2.05, 4.69) is 0 Å². The molecule has 1 aromatic carbocycles. The molecular weight excluding hydrogens is 190 g/mol. The summed E-state index contributed by atoms with van der Waals surface area (Å²) in [6.45, 7) is 1.95. The average molecular weight is 198 g/mol. The lowest BCUT2D eigenvalue weighted by molar-refractivity contribution is -0.410. The van der Waals surface area contributed by atoms with Crippen LogP contribution in [0.5, 0.6) is 0 Å². The Bertz CT molecular complexity index is 343. The summed E-state index contributed by atoms with van der Waals surface area (Å²) in [6, 6.07) is 7.30. The Morgan fingerprint density at radius 2 is 2.00 bits per heavy atom. The molecule has 0 unspecified atom stereocenters. The highest BCUT2D eigenvalue weighted by atomic mass is 35.5. The van der Waals surface area contributed by atoms with Crippen molar-refractivity contribution >= 4 is 17.7 Å². The minimum absolute atomic E-state index is 0.371. The van der Waals surface area contributed by atoms with Gasteiger partial charge in [-0.2, -0.15) is 0 Å². The molecule has 0 atom stereocenters. The van der Waals surface area contributed by atoms with E-state index in [-0.39, 0.29) is 5.16 Å². The normalized spacial score (nSPS) is 11.4. The number of hydrogen-bond acceptors (Lipinski definition) is 2. The lowest BCUT2D eigenvalue weighted by Gasteiger charge is -1.93. The molecule has 1 rings (SSSR count). The zero-order chi connectivity index (χ0) is 9.84. The Morgan fingerprint density at radius 3 is 2.46 bits per heavy atom. The fraction of sp³-hybridized carbons (Fsp3) is 0.111. The SMILES string of the molecule is Cc1ccc(C=C(Cl)[N+](=O)[O-])cc1. The first-order chi connectivity index (χ1) is 6.09. The maximum absolute atomic E-state index is 10.2. The van der Waals surface area contributed by atoms with E-state index in [1.165, 1.54) is 6.08 Å². The summed E-state index contributed by atoms with van der Waals surface area (Å²) in [4.78, 5) is 9.55. The molecule has 4 heteroatoms. The average Bonchev–Trinajstić information content (AvgIpc) is 2.08. The van der Waals surface area contributed by atoms with E-state index in [9.17, 15) is 10.1 Å². The molecule has 0 bridgehead atoms. The third-order valence-electron chi connectivity index (χ3n) is 1.54. The standard InChI is InChI=1S/C9H8ClNO2/c1-7-2-4-8(5-3-7)6-9(10)11(12)13/h2-6H,1H3. The molecule has 68 valence electrons. The molecule has 1 aromatic rings. The molecule has 0 fully saturated rings. The zero-order valence-corrected chi connectivity index (χ0v) is 7.78. The van der Waals surface area contributed by atoms with Gasteiger partial charge in [0.1, 0.15) is 0 Å². The van der Waals surface area contributed by atoms with Gasteiger partial charge in [-0.15, -0.1) is 0 Å². The van der Waals surface area contributed by atoms with Crippen molar-refractivity contribution in [2.24, 2.45) is 0 Å². The Morgan fingerprint density at radius 1 is 1.46 bits per heavy atom. The first-order valence-electron chi connectivity index (χ1n) is 3.68. The van der Waals surface area contributed by atoms with Crippen molar-refractivity contribution in [1.29, 1.82) is 0 Å². The van der Waals surface area contributed by atoms with Crippen LogP contribution >= 0.6 is 11.6 Å². The maximum Gasteiger partial charge on any atom is 0.337 e. The molecule has 0 saturated heterocycles. The van der Waals surface area contributed by atoms with Crippen LogP contribution in [0.3, 0.4) is 0 Å². The van der Waals surface area contributed by atoms with Gasteiger partial charge >= 0.3 is 5.16 Å². The van der Waals surface area contributed by atoms with Gasteiger partial charge in [-0.1, -0.05) is 29.8 Å². The summed E-state index contributed by atoms with van der Waals surface area (Å²) in [7, 11) is 0. The van der Waals surface area contributed by atoms with E-state index in [4.69, 9.17) is 11.6 Å². The molecule has 0 aromatic heterocycles. The van der Waals surface area contributed by atoms with Crippen LogP contribution in [0.2, 0.25) is 0 Å². The van der Waals surface area contributed by atoms with Gasteiger partial charge in [-0.25, -0.2) is 0 Å². The van der Waals surface area contributed by atoms with Crippen molar-refractivity contribution in [1.82, 2.24) is 0 Å². The highest BCUT2D eigenvalue weighted by molar-refractivity contribution is 6.29. The molecule has 0 heterocycles. The molecule has 0 radical (unpaired) electrons. The minimum atomic E-state index is -0.624. The van der Waals surface area contributed by atoms with Crippen molar-refractivity contribution in [2.75, 3.05) is 0 Å². The monoisotopic (exact) mass is 197 g/mol. The molecule has 0 aliphatic heterocycles. The topological polar surface area (TPSA) is 43.1 Å². The largest absolute Gasteiger partial charge is 0.337 e. The van der Waals surface area contributed by atoms with Gasteiger partial charge in [0.15, 0.2) is 0 Å². The molecule has 13 heavy (non-hydrogen) atoms. The highest BCUT2D eigenvalue weighted by Gasteiger charge is 2.04. The maximum atomic E-state index is 10.2. The minimum Gasteiger partial charge on any atom is -0.257 e. The summed E-state index contributed by atoms with van der Waals surface area (Å²) < 4.78 is 0. The Balaban J connectivity index is 2.92. The molecule has 0 aliphatic carbocycles. The predicted molar refractivity (Wildman–Crippen MR) is 52.0 cm³/mol. The molecule has 0 spiro atoms. The predicted octanol–water partition coefficient (Wildman–Crippen LogP) is 2.81. The van der Waals surface area contributed by atoms with Crippen molar-refractivity contribution in [3.8, 4) is 0 Å². The van der Waals surface area contributed by atoms with Crippen LogP contribution in [0, 0.1) is 17.0 Å². The van der Waals surface area contributed by atoms with Gasteiger partial charge in [0, 0.05) is 6.08 Å². The highest BCUT2D eigenvalue weighted by Crippen LogP contribution is 2.11. The first-order valence-corrected chi connectivity index (χ1v) is 4.05. The summed E-state index contributed by atoms with van der Waals surface area (Å²) >= 11 is 5.35. The van der Waals surface area contributed by atoms with E-state index in [1.54, 1.807) is 12.1 Å². The van der Waals surface area contributed by atoms with E-state index in [0.29, 0.717) is 0 Å². The van der Waals surface area contributed by atoms with Crippen molar-refractivity contribution in [2.45, 2.75) is 6.92 Å². The van der Waals surface area contributed by atoms with Crippen LogP contribution < -0.4 is 0 Å². The van der Waals surface area contributed by atoms with Crippen LogP contribution in [0.4, 0.5) is 0 Å². The molecule has 0 saturated carbocycles. The third-order valence-corrected chi connectivity index (χ3v) is 1.78. The van der Waals surface area contributed by atoms with Crippen LogP contribution in [0.15, 0.2) is 29.4 Å². The molecule has 0 N–H and O–H groups in total.